The number of aromatic nitrogens is 1. The summed E-state index contributed by atoms with van der Waals surface area (Å²) >= 11 is 0. The van der Waals surface area contributed by atoms with Crippen LogP contribution in [0.2, 0.25) is 0 Å². The molecule has 1 aliphatic rings. The Morgan fingerprint density at radius 2 is 1.70 bits per heavy atom. The van der Waals surface area contributed by atoms with Crippen LogP contribution in [0.5, 0.6) is 0 Å². The summed E-state index contributed by atoms with van der Waals surface area (Å²) in [5, 5.41) is 0. The second-order valence-corrected chi connectivity index (χ2v) is 6.85. The molecule has 1 aliphatic heterocycles. The molecule has 0 aliphatic carbocycles. The van der Waals surface area contributed by atoms with Gasteiger partial charge < -0.3 is 9.64 Å². The van der Waals surface area contributed by atoms with Crippen LogP contribution in [0.3, 0.4) is 0 Å². The number of hydrogen-bond acceptors (Lipinski definition) is 2. The molecular formula is C12H17F6N2O2P. The fourth-order valence-corrected chi connectivity index (χ4v) is 1.82. The van der Waals surface area contributed by atoms with Crippen molar-refractivity contribution in [3.8, 4) is 0 Å². The quantitative estimate of drug-likeness (QED) is 0.457. The molecule has 1 saturated heterocycles. The third-order valence-electron chi connectivity index (χ3n) is 2.86. The fourth-order valence-electron chi connectivity index (χ4n) is 1.82. The average molecular weight is 366 g/mol. The Morgan fingerprint density at radius 1 is 1.17 bits per heavy atom. The first kappa shape index (κ1) is 19.6. The number of carbonyl (C=O) groups is 1. The van der Waals surface area contributed by atoms with E-state index in [0.29, 0.717) is 19.6 Å². The summed E-state index contributed by atoms with van der Waals surface area (Å²) < 4.78 is 66.4. The van der Waals surface area contributed by atoms with Crippen LogP contribution in [0.15, 0.2) is 24.4 Å². The number of nitrogens with zero attached hydrogens (tertiary/aromatic N) is 2. The number of hydrogen-bond donors (Lipinski definition) is 0. The normalized spacial score (nSPS) is 18.3. The second-order valence-electron chi connectivity index (χ2n) is 4.93. The van der Waals surface area contributed by atoms with Gasteiger partial charge in [-0.2, -0.15) is 0 Å². The van der Waals surface area contributed by atoms with Crippen molar-refractivity contribution >= 4 is 13.7 Å². The maximum absolute atomic E-state index is 12.0. The van der Waals surface area contributed by atoms with Gasteiger partial charge >= 0.3 is 33.0 Å². The van der Waals surface area contributed by atoms with Crippen LogP contribution in [0.25, 0.3) is 0 Å². The summed E-state index contributed by atoms with van der Waals surface area (Å²) in [6.45, 7) is 2.75. The van der Waals surface area contributed by atoms with Crippen molar-refractivity contribution in [3.63, 3.8) is 0 Å². The zero-order valence-corrected chi connectivity index (χ0v) is 13.2. The van der Waals surface area contributed by atoms with E-state index >= 15 is 0 Å². The zero-order chi connectivity index (χ0) is 17.8. The molecule has 2 heterocycles. The average Bonchev–Trinajstić information content (AvgIpc) is 2.39. The maximum atomic E-state index is 12.0. The zero-order valence-electron chi connectivity index (χ0n) is 12.3. The summed E-state index contributed by atoms with van der Waals surface area (Å²) in [6.07, 6.45) is 2.43. The molecule has 0 radical (unpaired) electrons. The summed E-state index contributed by atoms with van der Waals surface area (Å²) in [5.74, 6) is 0.185. The van der Waals surface area contributed by atoms with Gasteiger partial charge in [-0.05, 0) is 0 Å². The van der Waals surface area contributed by atoms with Crippen LogP contribution in [-0.2, 0) is 23.0 Å². The molecule has 1 aromatic heterocycles. The molecule has 0 aromatic carbocycles. The van der Waals surface area contributed by atoms with Gasteiger partial charge in [0, 0.05) is 25.2 Å². The van der Waals surface area contributed by atoms with Crippen molar-refractivity contribution < 1.29 is 39.3 Å². The molecule has 134 valence electrons. The van der Waals surface area contributed by atoms with Gasteiger partial charge in [-0.1, -0.05) is 6.07 Å². The minimum atomic E-state index is -10.7. The topological polar surface area (TPSA) is 33.4 Å². The number of morpholine rings is 1. The molecule has 0 N–H and O–H groups in total. The molecule has 1 aromatic rings. The van der Waals surface area contributed by atoms with Gasteiger partial charge in [-0.25, -0.2) is 4.57 Å². The third-order valence-corrected chi connectivity index (χ3v) is 2.86. The van der Waals surface area contributed by atoms with Gasteiger partial charge in [0.25, 0.3) is 0 Å². The van der Waals surface area contributed by atoms with Gasteiger partial charge in [-0.3, -0.25) is 4.79 Å². The first-order valence-corrected chi connectivity index (χ1v) is 8.60. The molecule has 11 heteroatoms. The molecule has 0 spiro atoms. The van der Waals surface area contributed by atoms with Crippen LogP contribution < -0.4 is 4.57 Å². The standard InChI is InChI=1S/C12H17N2O2.F6P/c1-13-5-3-2-4-11(13)10-12(15)14-6-8-16-9-7-14;1-7(2,3,4,5)6/h2-5H,6-10H2,1H3;/q+1;-1. The van der Waals surface area contributed by atoms with Crippen molar-refractivity contribution in [2.24, 2.45) is 7.05 Å². The van der Waals surface area contributed by atoms with Gasteiger partial charge in [-0.15, -0.1) is 0 Å². The van der Waals surface area contributed by atoms with E-state index in [1.807, 2.05) is 40.9 Å². The monoisotopic (exact) mass is 366 g/mol. The molecule has 0 atom stereocenters. The number of rotatable bonds is 2. The molecule has 1 amide bonds. The SMILES string of the molecule is C[n+]1ccccc1CC(=O)N1CCOCC1.F[P-](F)(F)(F)(F)F. The molecule has 23 heavy (non-hydrogen) atoms. The molecule has 1 fully saturated rings. The fraction of sp³-hybridized carbons (Fsp3) is 0.500. The summed E-state index contributed by atoms with van der Waals surface area (Å²) in [5.41, 5.74) is 1.04. The first-order valence-electron chi connectivity index (χ1n) is 6.58. The van der Waals surface area contributed by atoms with Crippen molar-refractivity contribution in [1.82, 2.24) is 4.90 Å². The van der Waals surface area contributed by atoms with E-state index in [1.54, 1.807) is 0 Å². The Bertz CT molecular complexity index is 546. The van der Waals surface area contributed by atoms with E-state index < -0.39 is 7.81 Å². The molecule has 0 bridgehead atoms. The number of aryl methyl sites for hydroxylation is 1. The van der Waals surface area contributed by atoms with Gasteiger partial charge in [0.1, 0.15) is 13.5 Å². The summed E-state index contributed by atoms with van der Waals surface area (Å²) in [7, 11) is -8.70. The van der Waals surface area contributed by atoms with Crippen LogP contribution in [0, 0.1) is 0 Å². The predicted octanol–water partition coefficient (Wildman–Crippen LogP) is 3.29. The van der Waals surface area contributed by atoms with Crippen molar-refractivity contribution in [2.45, 2.75) is 6.42 Å². The van der Waals surface area contributed by atoms with Gasteiger partial charge in [0.15, 0.2) is 11.9 Å². The summed E-state index contributed by atoms with van der Waals surface area (Å²) in [4.78, 5) is 13.8. The number of pyridine rings is 1. The van der Waals surface area contributed by atoms with E-state index in [2.05, 4.69) is 0 Å². The van der Waals surface area contributed by atoms with E-state index in [9.17, 15) is 30.0 Å². The minimum absolute atomic E-state index is 0.185. The number of carbonyl (C=O) groups excluding carboxylic acids is 1. The molecular weight excluding hydrogens is 349 g/mol. The Morgan fingerprint density at radius 3 is 2.17 bits per heavy atom. The Labute approximate surface area is 128 Å². The number of ether oxygens (including phenoxy) is 1. The Kier molecular flexibility index (Phi) is 5.33. The van der Waals surface area contributed by atoms with Crippen molar-refractivity contribution in [2.75, 3.05) is 26.3 Å². The van der Waals surface area contributed by atoms with Crippen LogP contribution >= 0.6 is 7.81 Å². The second kappa shape index (κ2) is 6.24. The molecule has 0 unspecified atom stereocenters. The van der Waals surface area contributed by atoms with E-state index in [-0.39, 0.29) is 5.91 Å². The van der Waals surface area contributed by atoms with Gasteiger partial charge in [0.2, 0.25) is 5.91 Å². The van der Waals surface area contributed by atoms with Crippen molar-refractivity contribution in [3.05, 3.63) is 30.1 Å². The van der Waals surface area contributed by atoms with Gasteiger partial charge in [0.05, 0.1) is 13.2 Å². The van der Waals surface area contributed by atoms with E-state index in [4.69, 9.17) is 4.74 Å². The van der Waals surface area contributed by atoms with E-state index in [0.717, 1.165) is 18.8 Å². The molecule has 4 nitrogen and oxygen atoms in total. The van der Waals surface area contributed by atoms with E-state index in [1.165, 1.54) is 0 Å². The third kappa shape index (κ3) is 10.9. The predicted molar refractivity (Wildman–Crippen MR) is 72.3 cm³/mol. The van der Waals surface area contributed by atoms with Crippen LogP contribution in [0.1, 0.15) is 5.69 Å². The Hall–Kier alpha value is -1.41. The molecule has 2 rings (SSSR count). The molecule has 0 saturated carbocycles. The summed E-state index contributed by atoms with van der Waals surface area (Å²) in [6, 6.07) is 5.91. The Balaban J connectivity index is 0.000000322. The van der Waals surface area contributed by atoms with Crippen molar-refractivity contribution in [1.29, 1.82) is 0 Å². The number of halogens is 6. The number of amides is 1. The van der Waals surface area contributed by atoms with Crippen LogP contribution in [0.4, 0.5) is 25.2 Å². The first-order chi connectivity index (χ1) is 10.2. The van der Waals surface area contributed by atoms with Crippen LogP contribution in [-0.4, -0.2) is 37.1 Å².